The molecule has 1 aromatic carbocycles. The van der Waals surface area contributed by atoms with Crippen molar-refractivity contribution in [2.24, 2.45) is 5.92 Å². The number of carbonyl (C=O) groups is 1. The van der Waals surface area contributed by atoms with Gasteiger partial charge in [-0.3, -0.25) is 0 Å². The Morgan fingerprint density at radius 3 is 1.96 bits per heavy atom. The summed E-state index contributed by atoms with van der Waals surface area (Å²) in [6, 6.07) is 1.18. The van der Waals surface area contributed by atoms with Gasteiger partial charge in [-0.1, -0.05) is 30.1 Å². The summed E-state index contributed by atoms with van der Waals surface area (Å²) in [5, 5.41) is 69.4. The molecular weight excluding hydrogens is 1340 g/mol. The van der Waals surface area contributed by atoms with Crippen LogP contribution in [0.1, 0.15) is 78.1 Å². The van der Waals surface area contributed by atoms with Crippen molar-refractivity contribution in [1.82, 2.24) is 0 Å². The molecule has 11 aliphatic heterocycles. The van der Waals surface area contributed by atoms with Gasteiger partial charge in [-0.15, -0.1) is 0 Å². The van der Waals surface area contributed by atoms with Crippen molar-refractivity contribution in [3.8, 4) is 11.5 Å². The SMILES string of the molecule is COC[C@@H]1O[C@H](O[C@H]2OC[C@@H]3O[C@@]4(OC[C@H](O)[C@H]5OCO[C@H]54)O[C@H]3[C@@H]2OC)[C@@H](OC)[C@H](O)[C@H]1O[C@@H]1O[C@H](C)[C@@H](OC)[C@H](O[C@H]2O[C@@H](C)[C@H]3O[C@]4(C[C@H](O)[C@@H](O[C@H]5C[C@@H](O[C@H]6C[C@@H](C)[C@H](OC)[C@@H](C)O6)[C@H](OC(=O)c6cc(Cl)c(O)c(Cl)c6OC)[C@@H](C)O5)[C@H](C)O4)O[C@@]3(C)[C@@H]2O)[C@H]1O. The van der Waals surface area contributed by atoms with E-state index in [0.717, 1.165) is 0 Å². The highest BCUT2D eigenvalue weighted by molar-refractivity contribution is 6.38. The van der Waals surface area contributed by atoms with Crippen LogP contribution in [0.5, 0.6) is 11.5 Å². The molecule has 11 heterocycles. The van der Waals surface area contributed by atoms with E-state index in [-0.39, 0.29) is 78.9 Å². The number of carbonyl (C=O) groups excluding carboxylic acids is 1. The molecule has 0 radical (unpaired) electrons. The molecule has 35 atom stereocenters. The molecule has 33 nitrogen and oxygen atoms in total. The van der Waals surface area contributed by atoms with E-state index in [0.29, 0.717) is 6.42 Å². The van der Waals surface area contributed by atoms with Crippen molar-refractivity contribution >= 4 is 29.2 Å². The average molecular weight is 1440 g/mol. The van der Waals surface area contributed by atoms with Crippen LogP contribution in [0.4, 0.5) is 0 Å². The number of phenols is 1. The highest BCUT2D eigenvalue weighted by Crippen LogP contribution is 2.52. The van der Waals surface area contributed by atoms with Crippen molar-refractivity contribution in [3.05, 3.63) is 21.7 Å². The summed E-state index contributed by atoms with van der Waals surface area (Å²) in [4.78, 5) is 14.0. The standard InChI is InChI=1S/C62H92Cl2O33/c1-22-14-35(82-23(2)41(22)73-9)86-32-16-36(83-24(3)43(32)89-55(71)28-15-29(63)38(67)37(64)45(28)75-11)88-42-26(5)93-61(17-30(42)65)96-53-27(6)85-59(52(70)60(53,7)97-61)91-49-40(69)56(84-25(4)44(49)74-10)90-47-33(19-72-8)87-58(50(76-12)39(47)68)92-57-51(77-13)48-34(20-78-57)94-62(95-48)54-46(79-21-80-54)31(66)18-81-62/h15,22-27,30-36,39-44,46-54,56-59,65-70H,14,16-21H2,1-13H3/t22-,23-,24-,25-,26+,27+,30+,31+,32-,33+,34+,35+,36+,39-,40-,41+,42+,43-,44-,46-,47+,48-,49-,50+,51+,52-,53-,54-,56+,57-,58-,59-,60+,61-,62-/m1/s1. The second kappa shape index (κ2) is 30.1. The van der Waals surface area contributed by atoms with Gasteiger partial charge in [0.15, 0.2) is 61.4 Å². The first-order chi connectivity index (χ1) is 46.2. The summed E-state index contributed by atoms with van der Waals surface area (Å²) in [6.45, 7) is 11.6. The zero-order valence-corrected chi connectivity index (χ0v) is 57.5. The molecule has 11 fully saturated rings. The minimum absolute atomic E-state index is 0.0144. The van der Waals surface area contributed by atoms with E-state index in [9.17, 15) is 35.4 Å². The Labute approximate surface area is 569 Å². The maximum atomic E-state index is 14.0. The molecule has 1 aromatic rings. The largest absolute Gasteiger partial charge is 0.505 e. The number of halogens is 2. The van der Waals surface area contributed by atoms with Crippen molar-refractivity contribution in [2.75, 3.05) is 69.3 Å². The molecule has 11 aliphatic rings. The number of hydrogen-bond acceptors (Lipinski definition) is 33. The van der Waals surface area contributed by atoms with Gasteiger partial charge in [0.25, 0.3) is 5.97 Å². The molecule has 6 N–H and O–H groups in total. The van der Waals surface area contributed by atoms with Gasteiger partial charge in [-0.2, -0.15) is 0 Å². The van der Waals surface area contributed by atoms with Crippen LogP contribution in [0.15, 0.2) is 6.07 Å². The predicted octanol–water partition coefficient (Wildman–Crippen LogP) is 0.624. The van der Waals surface area contributed by atoms with E-state index < -0.39 is 207 Å². The fourth-order valence-electron chi connectivity index (χ4n) is 15.4. The zero-order chi connectivity index (χ0) is 69.5. The topological polar surface area (TPSA) is 378 Å². The van der Waals surface area contributed by atoms with Gasteiger partial charge in [0, 0.05) is 48.4 Å². The summed E-state index contributed by atoms with van der Waals surface area (Å²) < 4.78 is 160. The summed E-state index contributed by atoms with van der Waals surface area (Å²) in [6.07, 6.45) is -33.4. The van der Waals surface area contributed by atoms with Gasteiger partial charge >= 0.3 is 11.9 Å². The lowest BCUT2D eigenvalue weighted by atomic mass is 9.86. The highest BCUT2D eigenvalue weighted by atomic mass is 35.5. The smallest absolute Gasteiger partial charge is 0.342 e. The number of ether oxygens (including phenoxy) is 26. The minimum atomic E-state index is -1.97. The summed E-state index contributed by atoms with van der Waals surface area (Å²) in [5.74, 6) is -5.25. The average Bonchev–Trinajstić information content (AvgIpc) is 1.59. The lowest BCUT2D eigenvalue weighted by molar-refractivity contribution is -0.415. The van der Waals surface area contributed by atoms with E-state index in [4.69, 9.17) is 146 Å². The van der Waals surface area contributed by atoms with Crippen LogP contribution in [0.2, 0.25) is 10.0 Å². The van der Waals surface area contributed by atoms with Gasteiger partial charge in [0.1, 0.15) is 121 Å². The maximum absolute atomic E-state index is 14.0. The van der Waals surface area contributed by atoms with E-state index in [2.05, 4.69) is 0 Å². The molecule has 2 spiro atoms. The molecule has 0 aromatic heterocycles. The molecule has 35 heteroatoms. The Morgan fingerprint density at radius 2 is 1.28 bits per heavy atom. The van der Waals surface area contributed by atoms with Crippen molar-refractivity contribution in [2.45, 2.75) is 276 Å². The molecule has 0 bridgehead atoms. The number of phenolic OH excluding ortho intramolecular Hbond substituents is 1. The number of aliphatic hydroxyl groups is 5. The number of hydrogen-bond donors (Lipinski definition) is 6. The predicted molar refractivity (Wildman–Crippen MR) is 319 cm³/mol. The molecular formula is C62H92Cl2O33. The van der Waals surface area contributed by atoms with Crippen LogP contribution in [-0.2, 0) is 118 Å². The van der Waals surface area contributed by atoms with Gasteiger partial charge in [-0.25, -0.2) is 4.79 Å². The fraction of sp³-hybridized carbons (Fsp3) is 0.887. The summed E-state index contributed by atoms with van der Waals surface area (Å²) >= 11 is 12.6. The van der Waals surface area contributed by atoms with Gasteiger partial charge < -0.3 is 154 Å². The number of rotatable bonds is 19. The molecule has 0 saturated carbocycles. The Hall–Kier alpha value is -2.29. The number of benzene rings is 1. The van der Waals surface area contributed by atoms with Crippen LogP contribution in [0.3, 0.4) is 0 Å². The molecule has 0 amide bonds. The van der Waals surface area contributed by atoms with Crippen LogP contribution in [0, 0.1) is 5.92 Å². The Balaban J connectivity index is 0.691. The van der Waals surface area contributed by atoms with Crippen LogP contribution in [-0.4, -0.2) is 314 Å². The molecule has 0 aliphatic carbocycles. The Kier molecular flexibility index (Phi) is 23.1. The second-order valence-electron chi connectivity index (χ2n) is 26.6. The van der Waals surface area contributed by atoms with Crippen LogP contribution >= 0.6 is 23.2 Å². The molecule has 11 saturated heterocycles. The van der Waals surface area contributed by atoms with Gasteiger partial charge in [0.05, 0.1) is 81.1 Å². The summed E-state index contributed by atoms with van der Waals surface area (Å²) in [7, 11) is 8.45. The first-order valence-electron chi connectivity index (χ1n) is 32.6. The third-order valence-electron chi connectivity index (χ3n) is 20.2. The van der Waals surface area contributed by atoms with Crippen molar-refractivity contribution < 1.29 is 159 Å². The second-order valence-corrected chi connectivity index (χ2v) is 27.4. The lowest BCUT2D eigenvalue weighted by Gasteiger charge is -2.50. The summed E-state index contributed by atoms with van der Waals surface area (Å²) in [5.41, 5.74) is -1.83. The third kappa shape index (κ3) is 14.1. The van der Waals surface area contributed by atoms with E-state index >= 15 is 0 Å². The number of aliphatic hydroxyl groups excluding tert-OH is 5. The molecule has 97 heavy (non-hydrogen) atoms. The zero-order valence-electron chi connectivity index (χ0n) is 56.0. The Morgan fingerprint density at radius 1 is 0.598 bits per heavy atom. The van der Waals surface area contributed by atoms with E-state index in [1.165, 1.54) is 41.6 Å². The normalized spacial score (nSPS) is 49.9. The highest BCUT2D eigenvalue weighted by Gasteiger charge is 2.70. The van der Waals surface area contributed by atoms with Crippen LogP contribution < -0.4 is 4.74 Å². The van der Waals surface area contributed by atoms with Gasteiger partial charge in [-0.05, 0) is 53.5 Å². The lowest BCUT2D eigenvalue weighted by Crippen LogP contribution is -2.68. The monoisotopic (exact) mass is 1430 g/mol. The first-order valence-corrected chi connectivity index (χ1v) is 33.4. The fourth-order valence-corrected chi connectivity index (χ4v) is 16.0. The molecule has 12 rings (SSSR count). The minimum Gasteiger partial charge on any atom is -0.505 e. The number of fused-ring (bicyclic) bond motifs is 4. The number of aromatic hydroxyl groups is 1. The maximum Gasteiger partial charge on any atom is 0.342 e. The number of methoxy groups -OCH3 is 6. The van der Waals surface area contributed by atoms with Crippen molar-refractivity contribution in [3.63, 3.8) is 0 Å². The Bertz CT molecular complexity index is 2810. The number of esters is 1. The quantitative estimate of drug-likeness (QED) is 0.103. The molecule has 0 unspecified atom stereocenters. The van der Waals surface area contributed by atoms with Gasteiger partial charge in [0.2, 0.25) is 0 Å². The van der Waals surface area contributed by atoms with E-state index in [1.54, 1.807) is 41.7 Å². The molecule has 552 valence electrons. The first kappa shape index (κ1) is 74.4. The van der Waals surface area contributed by atoms with Crippen molar-refractivity contribution in [1.29, 1.82) is 0 Å². The third-order valence-corrected chi connectivity index (χ3v) is 20.8. The van der Waals surface area contributed by atoms with E-state index in [1.807, 2.05) is 13.8 Å². The van der Waals surface area contributed by atoms with Crippen LogP contribution in [0.25, 0.3) is 0 Å².